The number of amides is 3. The largest absolute Gasteiger partial charge is 0.328 e. The number of hydrogen-bond donors (Lipinski definition) is 3. The first-order valence-corrected chi connectivity index (χ1v) is 7.26. The topological polar surface area (TPSA) is 87.3 Å². The van der Waals surface area contributed by atoms with Crippen molar-refractivity contribution in [2.75, 3.05) is 5.32 Å². The molecule has 0 heterocycles. The van der Waals surface area contributed by atoms with Gasteiger partial charge in [0.25, 0.3) is 5.91 Å². The van der Waals surface area contributed by atoms with E-state index in [4.69, 9.17) is 0 Å². The van der Waals surface area contributed by atoms with Crippen LogP contribution in [0.3, 0.4) is 0 Å². The summed E-state index contributed by atoms with van der Waals surface area (Å²) in [5.74, 6) is -2.38. The molecule has 0 bridgehead atoms. The number of rotatable bonds is 3. The van der Waals surface area contributed by atoms with E-state index >= 15 is 0 Å². The number of nitrogens with one attached hydrogen (secondary N) is 3. The molecule has 3 N–H and O–H groups in total. The second-order valence-corrected chi connectivity index (χ2v) is 5.01. The minimum Gasteiger partial charge on any atom is -0.318 e. The van der Waals surface area contributed by atoms with E-state index in [2.05, 4.69) is 10.7 Å². The summed E-state index contributed by atoms with van der Waals surface area (Å²) in [4.78, 5) is 34.9. The molecule has 0 saturated heterocycles. The van der Waals surface area contributed by atoms with E-state index in [1.807, 2.05) is 54.8 Å². The first kappa shape index (κ1) is 17.0. The fourth-order valence-corrected chi connectivity index (χ4v) is 1.78. The second-order valence-electron chi connectivity index (χ2n) is 5.01. The molecule has 2 rings (SSSR count). The summed E-state index contributed by atoms with van der Waals surface area (Å²) in [6.45, 7) is 1.91. The lowest BCUT2D eigenvalue weighted by Crippen LogP contribution is -2.46. The summed E-state index contributed by atoms with van der Waals surface area (Å²) in [5, 5.41) is 2.43. The standard InChI is InChI=1S/C18H17N3O3/c1-13-7-10-15(11-8-13)19-17(23)18(24)21-20-16(22)12-9-14-5-3-2-4-6-14/h2-12H,1H3,(H,19,23)(H,20,22)(H,21,24)/b12-9+. The molecule has 2 aromatic rings. The van der Waals surface area contributed by atoms with E-state index in [0.717, 1.165) is 11.1 Å². The van der Waals surface area contributed by atoms with Crippen LogP contribution in [0, 0.1) is 6.92 Å². The van der Waals surface area contributed by atoms with Crippen molar-refractivity contribution < 1.29 is 14.4 Å². The molecule has 0 aromatic heterocycles. The number of hydrazine groups is 1. The van der Waals surface area contributed by atoms with E-state index in [1.165, 1.54) is 6.08 Å². The highest BCUT2D eigenvalue weighted by molar-refractivity contribution is 6.39. The maximum atomic E-state index is 11.7. The number of benzene rings is 2. The van der Waals surface area contributed by atoms with Crippen LogP contribution in [-0.2, 0) is 14.4 Å². The molecule has 2 aromatic carbocycles. The monoisotopic (exact) mass is 323 g/mol. The van der Waals surface area contributed by atoms with Crippen molar-refractivity contribution in [3.8, 4) is 0 Å². The van der Waals surface area contributed by atoms with Gasteiger partial charge in [0.2, 0.25) is 0 Å². The van der Waals surface area contributed by atoms with Gasteiger partial charge in [0.15, 0.2) is 0 Å². The van der Waals surface area contributed by atoms with Gasteiger partial charge in [-0.05, 0) is 30.7 Å². The Morgan fingerprint density at radius 2 is 1.50 bits per heavy atom. The Kier molecular flexibility index (Phi) is 5.85. The summed E-state index contributed by atoms with van der Waals surface area (Å²) in [6.07, 6.45) is 2.85. The van der Waals surface area contributed by atoms with Crippen LogP contribution in [0.15, 0.2) is 60.7 Å². The predicted molar refractivity (Wildman–Crippen MR) is 91.6 cm³/mol. The maximum absolute atomic E-state index is 11.7. The van der Waals surface area contributed by atoms with Crippen LogP contribution in [0.4, 0.5) is 5.69 Å². The summed E-state index contributed by atoms with van der Waals surface area (Å²) in [7, 11) is 0. The lowest BCUT2D eigenvalue weighted by Gasteiger charge is -2.06. The van der Waals surface area contributed by atoms with Gasteiger partial charge in [0.1, 0.15) is 0 Å². The number of anilines is 1. The predicted octanol–water partition coefficient (Wildman–Crippen LogP) is 1.79. The molecular weight excluding hydrogens is 306 g/mol. The normalized spacial score (nSPS) is 10.2. The molecule has 0 aliphatic carbocycles. The third kappa shape index (κ3) is 5.42. The second kappa shape index (κ2) is 8.28. The Morgan fingerprint density at radius 3 is 2.17 bits per heavy atom. The zero-order valence-electron chi connectivity index (χ0n) is 13.1. The molecule has 122 valence electrons. The van der Waals surface area contributed by atoms with Crippen molar-refractivity contribution in [3.05, 3.63) is 71.8 Å². The van der Waals surface area contributed by atoms with Gasteiger partial charge in [-0.1, -0.05) is 48.0 Å². The number of carbonyl (C=O) groups excluding carboxylic acids is 3. The van der Waals surface area contributed by atoms with Gasteiger partial charge < -0.3 is 5.32 Å². The minimum atomic E-state index is -0.961. The molecule has 0 fully saturated rings. The Hall–Kier alpha value is -3.41. The Balaban J connectivity index is 1.79. The smallest absolute Gasteiger partial charge is 0.318 e. The summed E-state index contributed by atoms with van der Waals surface area (Å²) in [6, 6.07) is 16.2. The van der Waals surface area contributed by atoms with Crippen LogP contribution in [0.25, 0.3) is 6.08 Å². The van der Waals surface area contributed by atoms with E-state index in [9.17, 15) is 14.4 Å². The lowest BCUT2D eigenvalue weighted by molar-refractivity contribution is -0.137. The Morgan fingerprint density at radius 1 is 0.833 bits per heavy atom. The molecule has 0 unspecified atom stereocenters. The molecule has 0 aliphatic heterocycles. The third-order valence-corrected chi connectivity index (χ3v) is 3.04. The highest BCUT2D eigenvalue weighted by Crippen LogP contribution is 2.08. The summed E-state index contributed by atoms with van der Waals surface area (Å²) < 4.78 is 0. The molecule has 0 spiro atoms. The zero-order chi connectivity index (χ0) is 17.4. The quantitative estimate of drug-likeness (QED) is 0.457. The molecule has 0 atom stereocenters. The first-order valence-electron chi connectivity index (χ1n) is 7.26. The number of hydrogen-bond acceptors (Lipinski definition) is 3. The van der Waals surface area contributed by atoms with Crippen LogP contribution in [0.2, 0.25) is 0 Å². The third-order valence-electron chi connectivity index (χ3n) is 3.04. The number of aryl methyl sites for hydroxylation is 1. The van der Waals surface area contributed by atoms with Gasteiger partial charge in [-0.2, -0.15) is 0 Å². The van der Waals surface area contributed by atoms with Gasteiger partial charge in [-0.3, -0.25) is 25.2 Å². The van der Waals surface area contributed by atoms with Crippen LogP contribution in [-0.4, -0.2) is 17.7 Å². The van der Waals surface area contributed by atoms with Crippen molar-refractivity contribution in [1.29, 1.82) is 0 Å². The highest BCUT2D eigenvalue weighted by Gasteiger charge is 2.13. The van der Waals surface area contributed by atoms with E-state index in [1.54, 1.807) is 18.2 Å². The number of carbonyl (C=O) groups is 3. The maximum Gasteiger partial charge on any atom is 0.328 e. The van der Waals surface area contributed by atoms with Crippen molar-refractivity contribution >= 4 is 29.5 Å². The zero-order valence-corrected chi connectivity index (χ0v) is 13.1. The molecule has 0 aliphatic rings. The summed E-state index contributed by atoms with van der Waals surface area (Å²) >= 11 is 0. The van der Waals surface area contributed by atoms with Crippen molar-refractivity contribution in [2.24, 2.45) is 0 Å². The van der Waals surface area contributed by atoms with Gasteiger partial charge >= 0.3 is 11.8 Å². The summed E-state index contributed by atoms with van der Waals surface area (Å²) in [5.41, 5.74) is 6.57. The van der Waals surface area contributed by atoms with Crippen molar-refractivity contribution in [2.45, 2.75) is 6.92 Å². The molecule has 6 nitrogen and oxygen atoms in total. The van der Waals surface area contributed by atoms with Crippen LogP contribution >= 0.6 is 0 Å². The van der Waals surface area contributed by atoms with Crippen LogP contribution in [0.1, 0.15) is 11.1 Å². The first-order chi connectivity index (χ1) is 11.5. The average molecular weight is 323 g/mol. The van der Waals surface area contributed by atoms with Gasteiger partial charge in [-0.15, -0.1) is 0 Å². The Labute approximate surface area is 139 Å². The van der Waals surface area contributed by atoms with Gasteiger partial charge in [0, 0.05) is 11.8 Å². The Bertz CT molecular complexity index is 753. The van der Waals surface area contributed by atoms with Gasteiger partial charge in [0.05, 0.1) is 0 Å². The van der Waals surface area contributed by atoms with Crippen molar-refractivity contribution in [1.82, 2.24) is 10.9 Å². The van der Waals surface area contributed by atoms with Gasteiger partial charge in [-0.25, -0.2) is 0 Å². The van der Waals surface area contributed by atoms with Crippen molar-refractivity contribution in [3.63, 3.8) is 0 Å². The van der Waals surface area contributed by atoms with Crippen LogP contribution < -0.4 is 16.2 Å². The fourth-order valence-electron chi connectivity index (χ4n) is 1.78. The highest BCUT2D eigenvalue weighted by atomic mass is 16.2. The molecule has 6 heteroatoms. The van der Waals surface area contributed by atoms with E-state index < -0.39 is 17.7 Å². The fraction of sp³-hybridized carbons (Fsp3) is 0.0556. The lowest BCUT2D eigenvalue weighted by atomic mass is 10.2. The molecule has 24 heavy (non-hydrogen) atoms. The molecule has 0 radical (unpaired) electrons. The average Bonchev–Trinajstić information content (AvgIpc) is 2.60. The molecular formula is C18H17N3O3. The van der Waals surface area contributed by atoms with E-state index in [0.29, 0.717) is 5.69 Å². The molecule has 3 amide bonds. The minimum absolute atomic E-state index is 0.496. The van der Waals surface area contributed by atoms with Crippen LogP contribution in [0.5, 0.6) is 0 Å². The molecule has 0 saturated carbocycles. The SMILES string of the molecule is Cc1ccc(NC(=O)C(=O)NNC(=O)/C=C/c2ccccc2)cc1. The van der Waals surface area contributed by atoms with E-state index in [-0.39, 0.29) is 0 Å².